The molecule has 0 saturated heterocycles. The molecule has 1 radical (unpaired) electrons. The highest BCUT2D eigenvalue weighted by atomic mass is 16.6. The summed E-state index contributed by atoms with van der Waals surface area (Å²) in [5, 5.41) is 10.6. The molecule has 0 spiro atoms. The number of carbonyl (C=O) groups is 1. The van der Waals surface area contributed by atoms with Gasteiger partial charge in [0.15, 0.2) is 12.4 Å². The fourth-order valence-electron chi connectivity index (χ4n) is 1.39. The average molecular weight is 192 g/mol. The van der Waals surface area contributed by atoms with E-state index in [0.29, 0.717) is 11.1 Å². The lowest BCUT2D eigenvalue weighted by Crippen LogP contribution is -2.15. The first kappa shape index (κ1) is 8.83. The number of nitro benzene ring substituents is 1. The summed E-state index contributed by atoms with van der Waals surface area (Å²) in [4.78, 5) is 21.4. The van der Waals surface area contributed by atoms with Crippen LogP contribution in [0.5, 0.6) is 0 Å². The smallest absolute Gasteiger partial charge is 0.275 e. The second-order valence-corrected chi connectivity index (χ2v) is 2.85. The Morgan fingerprint density at radius 3 is 2.93 bits per heavy atom. The number of carbonyl (C=O) groups excluding carboxylic acids is 1. The molecular formula is C9H6NO4. The Morgan fingerprint density at radius 1 is 1.43 bits per heavy atom. The molecule has 0 unspecified atom stereocenters. The molecule has 5 heteroatoms. The van der Waals surface area contributed by atoms with E-state index < -0.39 is 4.92 Å². The maximum absolute atomic E-state index is 11.3. The molecule has 0 fully saturated rings. The van der Waals surface area contributed by atoms with E-state index in [-0.39, 0.29) is 18.1 Å². The molecular weight excluding hydrogens is 186 g/mol. The van der Waals surface area contributed by atoms with E-state index in [9.17, 15) is 14.9 Å². The van der Waals surface area contributed by atoms with Crippen molar-refractivity contribution in [1.82, 2.24) is 0 Å². The lowest BCUT2D eigenvalue weighted by atomic mass is 10.0. The van der Waals surface area contributed by atoms with Gasteiger partial charge in [-0.1, -0.05) is 12.1 Å². The average Bonchev–Trinajstić information content (AvgIpc) is 2.17. The molecule has 0 atom stereocenters. The highest BCUT2D eigenvalue weighted by molar-refractivity contribution is 6.04. The van der Waals surface area contributed by atoms with Crippen LogP contribution in [0.3, 0.4) is 0 Å². The van der Waals surface area contributed by atoms with Gasteiger partial charge >= 0.3 is 0 Å². The Labute approximate surface area is 79.4 Å². The van der Waals surface area contributed by atoms with Gasteiger partial charge in [0.1, 0.15) is 0 Å². The van der Waals surface area contributed by atoms with Gasteiger partial charge in [0.25, 0.3) is 5.69 Å². The number of nitro groups is 1. The summed E-state index contributed by atoms with van der Waals surface area (Å²) in [6, 6.07) is 4.42. The number of nitrogens with zero attached hydrogens (tertiary/aromatic N) is 1. The van der Waals surface area contributed by atoms with Crippen molar-refractivity contribution in [3.63, 3.8) is 0 Å². The molecule has 0 aliphatic carbocycles. The molecule has 1 aromatic carbocycles. The first-order valence-corrected chi connectivity index (χ1v) is 3.95. The van der Waals surface area contributed by atoms with E-state index in [1.54, 1.807) is 6.07 Å². The van der Waals surface area contributed by atoms with Crippen LogP contribution in [-0.2, 0) is 11.3 Å². The highest BCUT2D eigenvalue weighted by Crippen LogP contribution is 2.27. The first-order valence-electron chi connectivity index (χ1n) is 3.95. The third-order valence-corrected chi connectivity index (χ3v) is 2.03. The van der Waals surface area contributed by atoms with Gasteiger partial charge in [-0.2, -0.15) is 0 Å². The van der Waals surface area contributed by atoms with Crippen LogP contribution >= 0.6 is 0 Å². The van der Waals surface area contributed by atoms with Crippen molar-refractivity contribution < 1.29 is 14.5 Å². The molecule has 2 rings (SSSR count). The van der Waals surface area contributed by atoms with Crippen molar-refractivity contribution in [3.05, 3.63) is 46.0 Å². The van der Waals surface area contributed by atoms with Crippen molar-refractivity contribution in [2.75, 3.05) is 0 Å². The maximum atomic E-state index is 11.3. The van der Waals surface area contributed by atoms with Crippen molar-refractivity contribution in [2.24, 2.45) is 0 Å². The van der Waals surface area contributed by atoms with Gasteiger partial charge in [-0.05, 0) is 0 Å². The second kappa shape index (κ2) is 3.19. The van der Waals surface area contributed by atoms with Crippen LogP contribution in [0.4, 0.5) is 5.69 Å². The fraction of sp³-hybridized carbons (Fsp3) is 0.111. The van der Waals surface area contributed by atoms with Crippen LogP contribution in [-0.4, -0.2) is 10.7 Å². The zero-order chi connectivity index (χ0) is 10.1. The molecule has 0 aromatic heterocycles. The Morgan fingerprint density at radius 2 is 2.21 bits per heavy atom. The molecule has 0 bridgehead atoms. The predicted molar refractivity (Wildman–Crippen MR) is 46.5 cm³/mol. The normalized spacial score (nSPS) is 15.0. The lowest BCUT2D eigenvalue weighted by Gasteiger charge is -2.13. The Balaban J connectivity index is 2.60. The summed E-state index contributed by atoms with van der Waals surface area (Å²) < 4.78 is 4.82. The van der Waals surface area contributed by atoms with Crippen molar-refractivity contribution in [1.29, 1.82) is 0 Å². The Bertz CT molecular complexity index is 399. The summed E-state index contributed by atoms with van der Waals surface area (Å²) in [7, 11) is 0. The van der Waals surface area contributed by atoms with E-state index in [1.165, 1.54) is 12.1 Å². The van der Waals surface area contributed by atoms with Crippen molar-refractivity contribution in [3.8, 4) is 0 Å². The van der Waals surface area contributed by atoms with Gasteiger partial charge in [-0.3, -0.25) is 14.9 Å². The largest absolute Gasteiger partial charge is 0.362 e. The molecule has 0 N–H and O–H groups in total. The highest BCUT2D eigenvalue weighted by Gasteiger charge is 2.25. The summed E-state index contributed by atoms with van der Waals surface area (Å²) in [5.41, 5.74) is 0.638. The van der Waals surface area contributed by atoms with Gasteiger partial charge in [-0.15, -0.1) is 0 Å². The molecule has 0 saturated carbocycles. The summed E-state index contributed by atoms with van der Waals surface area (Å²) in [6.45, 7) is 1.16. The zero-order valence-electron chi connectivity index (χ0n) is 7.10. The molecule has 1 heterocycles. The number of Topliss-reactive ketones (excluding diaryl/α,β-unsaturated/α-hetero) is 1. The van der Waals surface area contributed by atoms with Gasteiger partial charge in [0.05, 0.1) is 17.1 Å². The second-order valence-electron chi connectivity index (χ2n) is 2.85. The van der Waals surface area contributed by atoms with Crippen LogP contribution in [0, 0.1) is 16.7 Å². The standard InChI is InChI=1S/C9H6NO4/c11-9-5-14-4-7-6(9)2-1-3-8(7)10(12)13/h1-3,5H,4H2. The van der Waals surface area contributed by atoms with Gasteiger partial charge in [-0.25, -0.2) is 0 Å². The molecule has 5 nitrogen and oxygen atoms in total. The topological polar surface area (TPSA) is 69.4 Å². The van der Waals surface area contributed by atoms with Gasteiger partial charge in [0.2, 0.25) is 0 Å². The summed E-state index contributed by atoms with van der Waals surface area (Å²) in [5.74, 6) is -0.324. The fourth-order valence-corrected chi connectivity index (χ4v) is 1.39. The van der Waals surface area contributed by atoms with E-state index >= 15 is 0 Å². The van der Waals surface area contributed by atoms with Crippen LogP contribution < -0.4 is 0 Å². The number of fused-ring (bicyclic) bond motifs is 1. The van der Waals surface area contributed by atoms with Crippen LogP contribution in [0.25, 0.3) is 0 Å². The van der Waals surface area contributed by atoms with Gasteiger partial charge < -0.3 is 4.74 Å². The molecule has 1 aromatic rings. The quantitative estimate of drug-likeness (QED) is 0.499. The van der Waals surface area contributed by atoms with E-state index in [1.807, 2.05) is 0 Å². The molecule has 1 aliphatic rings. The minimum absolute atomic E-state index is 0.0658. The predicted octanol–water partition coefficient (Wildman–Crippen LogP) is 1.47. The third kappa shape index (κ3) is 1.27. The van der Waals surface area contributed by atoms with E-state index in [0.717, 1.165) is 6.61 Å². The number of benzene rings is 1. The number of hydrogen-bond donors (Lipinski definition) is 0. The summed E-state index contributed by atoms with van der Waals surface area (Å²) >= 11 is 0. The van der Waals surface area contributed by atoms with E-state index in [4.69, 9.17) is 4.74 Å². The minimum Gasteiger partial charge on any atom is -0.362 e. The monoisotopic (exact) mass is 192 g/mol. The van der Waals surface area contributed by atoms with Crippen molar-refractivity contribution in [2.45, 2.75) is 6.61 Å². The van der Waals surface area contributed by atoms with E-state index in [2.05, 4.69) is 0 Å². The maximum Gasteiger partial charge on any atom is 0.275 e. The van der Waals surface area contributed by atoms with Crippen LogP contribution in [0.2, 0.25) is 0 Å². The number of rotatable bonds is 1. The summed E-state index contributed by atoms with van der Waals surface area (Å²) in [6.07, 6.45) is 0. The first-order chi connectivity index (χ1) is 6.70. The SMILES string of the molecule is O=C1[CH]OCc2c1cccc2[N+](=O)[O-]. The van der Waals surface area contributed by atoms with Gasteiger partial charge in [0, 0.05) is 11.6 Å². The Hall–Kier alpha value is -1.75. The van der Waals surface area contributed by atoms with Crippen LogP contribution in [0.15, 0.2) is 18.2 Å². The van der Waals surface area contributed by atoms with Crippen molar-refractivity contribution >= 4 is 11.5 Å². The Kier molecular flexibility index (Phi) is 2.01. The molecule has 0 amide bonds. The van der Waals surface area contributed by atoms with Crippen LogP contribution in [0.1, 0.15) is 15.9 Å². The molecule has 1 aliphatic heterocycles. The molecule has 71 valence electrons. The zero-order valence-corrected chi connectivity index (χ0v) is 7.10. The lowest BCUT2D eigenvalue weighted by molar-refractivity contribution is -0.386. The third-order valence-electron chi connectivity index (χ3n) is 2.03. The molecule has 14 heavy (non-hydrogen) atoms. The minimum atomic E-state index is -0.513. The number of ether oxygens (including phenoxy) is 1. The number of hydrogen-bond acceptors (Lipinski definition) is 4. The number of ketones is 1.